The summed E-state index contributed by atoms with van der Waals surface area (Å²) in [5.41, 5.74) is 0.459. The monoisotopic (exact) mass is 304 g/mol. The molecule has 100 valence electrons. The highest BCUT2D eigenvalue weighted by Crippen LogP contribution is 2.33. The van der Waals surface area contributed by atoms with E-state index in [4.69, 9.17) is 4.74 Å². The van der Waals surface area contributed by atoms with Gasteiger partial charge in [0.15, 0.2) is 0 Å². The van der Waals surface area contributed by atoms with Gasteiger partial charge in [-0.05, 0) is 44.8 Å². The molecule has 0 amide bonds. The van der Waals surface area contributed by atoms with Crippen molar-refractivity contribution in [3.63, 3.8) is 0 Å². The van der Waals surface area contributed by atoms with Crippen molar-refractivity contribution in [2.24, 2.45) is 5.41 Å². The average molecular weight is 305 g/mol. The van der Waals surface area contributed by atoms with Gasteiger partial charge in [0.1, 0.15) is 0 Å². The first-order chi connectivity index (χ1) is 8.24. The molecule has 0 unspecified atom stereocenters. The van der Waals surface area contributed by atoms with Gasteiger partial charge in [-0.25, -0.2) is 0 Å². The van der Waals surface area contributed by atoms with Crippen LogP contribution >= 0.6 is 15.9 Å². The van der Waals surface area contributed by atoms with Crippen LogP contribution in [0.1, 0.15) is 19.3 Å². The van der Waals surface area contributed by atoms with Gasteiger partial charge in [-0.3, -0.25) is 0 Å². The number of alkyl halides is 1. The van der Waals surface area contributed by atoms with Gasteiger partial charge in [0, 0.05) is 38.2 Å². The highest BCUT2D eigenvalue weighted by molar-refractivity contribution is 9.09. The summed E-state index contributed by atoms with van der Waals surface area (Å²) in [6.45, 7) is 8.09. The third-order valence-corrected chi connectivity index (χ3v) is 5.40. The minimum atomic E-state index is 0.459. The second-order valence-electron chi connectivity index (χ2n) is 5.68. The maximum atomic E-state index is 5.51. The molecule has 0 aromatic carbocycles. The van der Waals surface area contributed by atoms with Crippen molar-refractivity contribution >= 4 is 15.9 Å². The zero-order valence-corrected chi connectivity index (χ0v) is 12.5. The largest absolute Gasteiger partial charge is 0.381 e. The van der Waals surface area contributed by atoms with Crippen LogP contribution in [0.3, 0.4) is 0 Å². The summed E-state index contributed by atoms with van der Waals surface area (Å²) in [4.78, 5) is 5.11. The molecule has 2 aliphatic rings. The molecule has 3 nitrogen and oxygen atoms in total. The maximum absolute atomic E-state index is 5.51. The predicted octanol–water partition coefficient (Wildman–Crippen LogP) is 1.82. The van der Waals surface area contributed by atoms with E-state index in [9.17, 15) is 0 Å². The Morgan fingerprint density at radius 1 is 1.12 bits per heavy atom. The fourth-order valence-corrected chi connectivity index (χ4v) is 3.61. The molecule has 2 aliphatic heterocycles. The molecular weight excluding hydrogens is 280 g/mol. The molecule has 2 rings (SSSR count). The number of rotatable bonds is 3. The van der Waals surface area contributed by atoms with E-state index in [0.717, 1.165) is 18.5 Å². The zero-order chi connectivity index (χ0) is 12.1. The number of halogens is 1. The van der Waals surface area contributed by atoms with Gasteiger partial charge in [-0.2, -0.15) is 0 Å². The summed E-state index contributed by atoms with van der Waals surface area (Å²) in [6.07, 6.45) is 3.74. The Morgan fingerprint density at radius 3 is 2.59 bits per heavy atom. The number of hydrogen-bond donors (Lipinski definition) is 0. The van der Waals surface area contributed by atoms with Crippen molar-refractivity contribution in [2.75, 3.05) is 58.3 Å². The summed E-state index contributed by atoms with van der Waals surface area (Å²) in [7, 11) is 2.23. The van der Waals surface area contributed by atoms with Crippen LogP contribution in [-0.2, 0) is 4.74 Å². The van der Waals surface area contributed by atoms with E-state index in [0.29, 0.717) is 5.41 Å². The van der Waals surface area contributed by atoms with Crippen LogP contribution in [0.15, 0.2) is 0 Å². The molecule has 0 aromatic heterocycles. The lowest BCUT2D eigenvalue weighted by atomic mass is 9.82. The molecule has 0 aromatic rings. The smallest absolute Gasteiger partial charge is 0.0472 e. The van der Waals surface area contributed by atoms with Gasteiger partial charge < -0.3 is 14.5 Å². The first-order valence-corrected chi connectivity index (χ1v) is 7.91. The summed E-state index contributed by atoms with van der Waals surface area (Å²) in [5, 5.41) is 1.12. The number of likely N-dealkylation sites (N-methyl/N-ethyl adjacent to an activating group) is 1. The molecule has 2 saturated heterocycles. The van der Waals surface area contributed by atoms with E-state index >= 15 is 0 Å². The Bertz CT molecular complexity index is 231. The highest BCUT2D eigenvalue weighted by atomic mass is 79.9. The minimum absolute atomic E-state index is 0.459. The summed E-state index contributed by atoms with van der Waals surface area (Å²) >= 11 is 3.73. The number of nitrogens with zero attached hydrogens (tertiary/aromatic N) is 2. The van der Waals surface area contributed by atoms with Crippen molar-refractivity contribution in [3.8, 4) is 0 Å². The van der Waals surface area contributed by atoms with Gasteiger partial charge in [-0.15, -0.1) is 0 Å². The molecule has 4 heteroatoms. The fraction of sp³-hybridized carbons (Fsp3) is 1.00. The van der Waals surface area contributed by atoms with E-state index in [1.807, 2.05) is 0 Å². The van der Waals surface area contributed by atoms with Gasteiger partial charge in [0.25, 0.3) is 0 Å². The van der Waals surface area contributed by atoms with E-state index in [1.165, 1.54) is 52.0 Å². The predicted molar refractivity (Wildman–Crippen MR) is 74.8 cm³/mol. The van der Waals surface area contributed by atoms with Gasteiger partial charge >= 0.3 is 0 Å². The Kier molecular flexibility index (Phi) is 5.27. The van der Waals surface area contributed by atoms with Crippen LogP contribution in [0.2, 0.25) is 0 Å². The van der Waals surface area contributed by atoms with E-state index in [-0.39, 0.29) is 0 Å². The Morgan fingerprint density at radius 2 is 1.88 bits per heavy atom. The summed E-state index contributed by atoms with van der Waals surface area (Å²) in [6, 6.07) is 0. The van der Waals surface area contributed by atoms with Gasteiger partial charge in [0.05, 0.1) is 0 Å². The molecule has 2 heterocycles. The lowest BCUT2D eigenvalue weighted by molar-refractivity contribution is 0.00883. The molecule has 0 saturated carbocycles. The molecule has 0 aliphatic carbocycles. The van der Waals surface area contributed by atoms with E-state index < -0.39 is 0 Å². The minimum Gasteiger partial charge on any atom is -0.381 e. The van der Waals surface area contributed by atoms with Crippen LogP contribution < -0.4 is 0 Å². The number of hydrogen-bond acceptors (Lipinski definition) is 3. The highest BCUT2D eigenvalue weighted by Gasteiger charge is 2.33. The lowest BCUT2D eigenvalue weighted by Crippen LogP contribution is -2.43. The van der Waals surface area contributed by atoms with Crippen LogP contribution in [0.25, 0.3) is 0 Å². The fourth-order valence-electron chi connectivity index (χ4n) is 2.87. The lowest BCUT2D eigenvalue weighted by Gasteiger charge is -2.39. The van der Waals surface area contributed by atoms with E-state index in [2.05, 4.69) is 32.8 Å². The maximum Gasteiger partial charge on any atom is 0.0472 e. The first kappa shape index (κ1) is 13.8. The zero-order valence-electron chi connectivity index (χ0n) is 11.0. The molecule has 0 radical (unpaired) electrons. The Balaban J connectivity index is 1.88. The molecular formula is C13H25BrN2O. The third kappa shape index (κ3) is 3.91. The Hall–Kier alpha value is 0.360. The topological polar surface area (TPSA) is 15.7 Å². The molecule has 17 heavy (non-hydrogen) atoms. The quantitative estimate of drug-likeness (QED) is 0.740. The summed E-state index contributed by atoms with van der Waals surface area (Å²) < 4.78 is 5.51. The molecule has 0 atom stereocenters. The molecule has 2 fully saturated rings. The molecule has 0 N–H and O–H groups in total. The number of ether oxygens (including phenoxy) is 1. The van der Waals surface area contributed by atoms with Crippen LogP contribution in [0.4, 0.5) is 0 Å². The summed E-state index contributed by atoms with van der Waals surface area (Å²) in [5.74, 6) is 0. The van der Waals surface area contributed by atoms with Gasteiger partial charge in [0.2, 0.25) is 0 Å². The average Bonchev–Trinajstić information content (AvgIpc) is 2.56. The van der Waals surface area contributed by atoms with Crippen LogP contribution in [-0.4, -0.2) is 68.1 Å². The van der Waals surface area contributed by atoms with Crippen LogP contribution in [0.5, 0.6) is 0 Å². The SMILES string of the molecule is CN1CCCN(CC2(CBr)CCOCC2)CC1. The second kappa shape index (κ2) is 6.50. The van der Waals surface area contributed by atoms with Crippen molar-refractivity contribution in [2.45, 2.75) is 19.3 Å². The standard InChI is InChI=1S/C13H25BrN2O/c1-15-5-2-6-16(8-7-15)12-13(11-14)3-9-17-10-4-13/h2-12H2,1H3. The van der Waals surface area contributed by atoms with Crippen molar-refractivity contribution < 1.29 is 4.74 Å². The molecule has 0 spiro atoms. The van der Waals surface area contributed by atoms with E-state index in [1.54, 1.807) is 0 Å². The molecule has 0 bridgehead atoms. The Labute approximate surface area is 114 Å². The third-order valence-electron chi connectivity index (χ3n) is 4.21. The normalized spacial score (nSPS) is 27.9. The van der Waals surface area contributed by atoms with Crippen molar-refractivity contribution in [1.82, 2.24) is 9.80 Å². The van der Waals surface area contributed by atoms with Crippen molar-refractivity contribution in [1.29, 1.82) is 0 Å². The van der Waals surface area contributed by atoms with Crippen LogP contribution in [0, 0.1) is 5.41 Å². The second-order valence-corrected chi connectivity index (χ2v) is 6.24. The van der Waals surface area contributed by atoms with Gasteiger partial charge in [-0.1, -0.05) is 15.9 Å². The van der Waals surface area contributed by atoms with Crippen molar-refractivity contribution in [3.05, 3.63) is 0 Å². The first-order valence-electron chi connectivity index (χ1n) is 6.79.